The van der Waals surface area contributed by atoms with Crippen LogP contribution in [0.2, 0.25) is 0 Å². The molecule has 0 unspecified atom stereocenters. The Labute approximate surface area is 121 Å². The third-order valence-corrected chi connectivity index (χ3v) is 3.22. The van der Waals surface area contributed by atoms with E-state index in [9.17, 15) is 4.79 Å². The van der Waals surface area contributed by atoms with E-state index in [1.807, 2.05) is 37.3 Å². The third-order valence-electron chi connectivity index (χ3n) is 3.22. The van der Waals surface area contributed by atoms with Crippen LogP contribution in [0.5, 0.6) is 0 Å². The topological polar surface area (TPSA) is 68.3 Å². The highest BCUT2D eigenvalue weighted by atomic mass is 16.5. The van der Waals surface area contributed by atoms with Crippen molar-refractivity contribution in [2.75, 3.05) is 0 Å². The molecule has 0 saturated carbocycles. The SMILES string of the molecule is Cc1cc(C(=O)N[C@@H](C)Cc2cc3ccccc3o2)no1. The lowest BCUT2D eigenvalue weighted by molar-refractivity contribution is 0.0930. The number of amides is 1. The molecule has 0 spiro atoms. The van der Waals surface area contributed by atoms with Crippen LogP contribution in [0.15, 0.2) is 45.3 Å². The number of rotatable bonds is 4. The van der Waals surface area contributed by atoms with Crippen LogP contribution in [0.1, 0.15) is 28.9 Å². The first-order valence-corrected chi connectivity index (χ1v) is 6.83. The van der Waals surface area contributed by atoms with E-state index in [-0.39, 0.29) is 11.9 Å². The van der Waals surface area contributed by atoms with Gasteiger partial charge in [0.25, 0.3) is 5.91 Å². The summed E-state index contributed by atoms with van der Waals surface area (Å²) in [6.07, 6.45) is 0.622. The Balaban J connectivity index is 1.65. The largest absolute Gasteiger partial charge is 0.461 e. The summed E-state index contributed by atoms with van der Waals surface area (Å²) < 4.78 is 10.6. The second kappa shape index (κ2) is 5.44. The van der Waals surface area contributed by atoms with Gasteiger partial charge < -0.3 is 14.3 Å². The monoisotopic (exact) mass is 284 g/mol. The lowest BCUT2D eigenvalue weighted by atomic mass is 10.1. The second-order valence-corrected chi connectivity index (χ2v) is 5.15. The summed E-state index contributed by atoms with van der Waals surface area (Å²) >= 11 is 0. The highest BCUT2D eigenvalue weighted by Crippen LogP contribution is 2.19. The fourth-order valence-electron chi connectivity index (χ4n) is 2.26. The second-order valence-electron chi connectivity index (χ2n) is 5.15. The van der Waals surface area contributed by atoms with Gasteiger partial charge in [0.05, 0.1) is 0 Å². The maximum atomic E-state index is 12.0. The summed E-state index contributed by atoms with van der Waals surface area (Å²) in [4.78, 5) is 12.0. The number of benzene rings is 1. The quantitative estimate of drug-likeness (QED) is 0.799. The van der Waals surface area contributed by atoms with Crippen molar-refractivity contribution in [3.63, 3.8) is 0 Å². The third kappa shape index (κ3) is 2.97. The minimum atomic E-state index is -0.240. The van der Waals surface area contributed by atoms with Gasteiger partial charge in [0.2, 0.25) is 0 Å². The van der Waals surface area contributed by atoms with E-state index in [1.165, 1.54) is 0 Å². The first kappa shape index (κ1) is 13.4. The fourth-order valence-corrected chi connectivity index (χ4v) is 2.26. The Kier molecular flexibility index (Phi) is 3.48. The maximum Gasteiger partial charge on any atom is 0.273 e. The van der Waals surface area contributed by atoms with Crippen molar-refractivity contribution >= 4 is 16.9 Å². The lowest BCUT2D eigenvalue weighted by Crippen LogP contribution is -2.34. The van der Waals surface area contributed by atoms with E-state index in [0.29, 0.717) is 17.9 Å². The average Bonchev–Trinajstić information content (AvgIpc) is 3.03. The average molecular weight is 284 g/mol. The van der Waals surface area contributed by atoms with Crippen LogP contribution in [0.3, 0.4) is 0 Å². The molecule has 2 heterocycles. The molecule has 0 radical (unpaired) electrons. The van der Waals surface area contributed by atoms with Gasteiger partial charge in [0.1, 0.15) is 17.1 Å². The summed E-state index contributed by atoms with van der Waals surface area (Å²) in [5.74, 6) is 1.22. The smallest absolute Gasteiger partial charge is 0.273 e. The number of aryl methyl sites for hydroxylation is 1. The first-order valence-electron chi connectivity index (χ1n) is 6.83. The molecule has 108 valence electrons. The predicted octanol–water partition coefficient (Wildman–Crippen LogP) is 3.09. The van der Waals surface area contributed by atoms with Gasteiger partial charge in [-0.25, -0.2) is 0 Å². The number of para-hydroxylation sites is 1. The highest BCUT2D eigenvalue weighted by Gasteiger charge is 2.15. The highest BCUT2D eigenvalue weighted by molar-refractivity contribution is 5.92. The molecule has 1 N–H and O–H groups in total. The molecule has 0 aliphatic carbocycles. The van der Waals surface area contributed by atoms with Crippen LogP contribution in [-0.2, 0) is 6.42 Å². The number of carbonyl (C=O) groups is 1. The summed E-state index contributed by atoms with van der Waals surface area (Å²) in [7, 11) is 0. The Bertz CT molecular complexity index is 740. The minimum absolute atomic E-state index is 0.0601. The Morgan fingerprint density at radius 3 is 2.86 bits per heavy atom. The van der Waals surface area contributed by atoms with Crippen molar-refractivity contribution in [1.82, 2.24) is 10.5 Å². The molecule has 1 atom stereocenters. The molecule has 0 aliphatic heterocycles. The van der Waals surface area contributed by atoms with Gasteiger partial charge in [-0.05, 0) is 26.0 Å². The van der Waals surface area contributed by atoms with Gasteiger partial charge in [0, 0.05) is 23.9 Å². The predicted molar refractivity (Wildman–Crippen MR) is 78.1 cm³/mol. The Morgan fingerprint density at radius 1 is 1.33 bits per heavy atom. The zero-order valence-corrected chi connectivity index (χ0v) is 11.9. The van der Waals surface area contributed by atoms with E-state index < -0.39 is 0 Å². The van der Waals surface area contributed by atoms with Crippen LogP contribution >= 0.6 is 0 Å². The molecular formula is C16H16N2O3. The molecule has 3 rings (SSSR count). The first-order chi connectivity index (χ1) is 10.1. The summed E-state index contributed by atoms with van der Waals surface area (Å²) in [6, 6.07) is 11.4. The van der Waals surface area contributed by atoms with Gasteiger partial charge in [-0.1, -0.05) is 23.4 Å². The number of carbonyl (C=O) groups excluding carboxylic acids is 1. The zero-order valence-electron chi connectivity index (χ0n) is 11.9. The van der Waals surface area contributed by atoms with E-state index in [1.54, 1.807) is 13.0 Å². The Hall–Kier alpha value is -2.56. The van der Waals surface area contributed by atoms with Crippen LogP contribution in [0.25, 0.3) is 11.0 Å². The molecule has 0 aliphatic rings. The van der Waals surface area contributed by atoms with Gasteiger partial charge in [-0.2, -0.15) is 0 Å². The number of nitrogens with one attached hydrogen (secondary N) is 1. The van der Waals surface area contributed by atoms with Crippen molar-refractivity contribution in [1.29, 1.82) is 0 Å². The van der Waals surface area contributed by atoms with Crippen molar-refractivity contribution < 1.29 is 13.7 Å². The lowest BCUT2D eigenvalue weighted by Gasteiger charge is -2.10. The van der Waals surface area contributed by atoms with E-state index in [2.05, 4.69) is 10.5 Å². The normalized spacial score (nSPS) is 12.5. The van der Waals surface area contributed by atoms with Gasteiger partial charge >= 0.3 is 0 Å². The molecule has 0 saturated heterocycles. The van der Waals surface area contributed by atoms with Crippen LogP contribution in [-0.4, -0.2) is 17.1 Å². The van der Waals surface area contributed by atoms with Crippen molar-refractivity contribution in [3.05, 3.63) is 53.6 Å². The van der Waals surface area contributed by atoms with E-state index in [0.717, 1.165) is 16.7 Å². The molecular weight excluding hydrogens is 268 g/mol. The molecule has 21 heavy (non-hydrogen) atoms. The molecule has 2 aromatic heterocycles. The summed E-state index contributed by atoms with van der Waals surface area (Å²) in [5.41, 5.74) is 1.15. The summed E-state index contributed by atoms with van der Waals surface area (Å²) in [6.45, 7) is 3.68. The number of furan rings is 1. The number of nitrogens with zero attached hydrogens (tertiary/aromatic N) is 1. The minimum Gasteiger partial charge on any atom is -0.461 e. The maximum absolute atomic E-state index is 12.0. The number of fused-ring (bicyclic) bond motifs is 1. The van der Waals surface area contributed by atoms with Crippen LogP contribution < -0.4 is 5.32 Å². The molecule has 0 fully saturated rings. The molecule has 1 amide bonds. The molecule has 0 bridgehead atoms. The molecule has 5 nitrogen and oxygen atoms in total. The molecule has 1 aromatic carbocycles. The van der Waals surface area contributed by atoms with E-state index >= 15 is 0 Å². The standard InChI is InChI=1S/C16H16N2O3/c1-10(17-16(19)14-8-11(2)21-18-14)7-13-9-12-5-3-4-6-15(12)20-13/h3-6,8-10H,7H2,1-2H3,(H,17,19)/t10-/m0/s1. The Morgan fingerprint density at radius 2 is 2.14 bits per heavy atom. The fraction of sp³-hybridized carbons (Fsp3) is 0.250. The van der Waals surface area contributed by atoms with Crippen LogP contribution in [0, 0.1) is 6.92 Å². The molecule has 5 heteroatoms. The number of aromatic nitrogens is 1. The van der Waals surface area contributed by atoms with Crippen LogP contribution in [0.4, 0.5) is 0 Å². The number of hydrogen-bond acceptors (Lipinski definition) is 4. The molecule has 3 aromatic rings. The van der Waals surface area contributed by atoms with Gasteiger partial charge in [-0.15, -0.1) is 0 Å². The van der Waals surface area contributed by atoms with Crippen molar-refractivity contribution in [3.8, 4) is 0 Å². The van der Waals surface area contributed by atoms with E-state index in [4.69, 9.17) is 8.94 Å². The van der Waals surface area contributed by atoms with Crippen molar-refractivity contribution in [2.24, 2.45) is 0 Å². The summed E-state index contributed by atoms with van der Waals surface area (Å²) in [5, 5.41) is 7.65. The van der Waals surface area contributed by atoms with Crippen molar-refractivity contribution in [2.45, 2.75) is 26.3 Å². The zero-order chi connectivity index (χ0) is 14.8. The number of hydrogen-bond donors (Lipinski definition) is 1. The van der Waals surface area contributed by atoms with Gasteiger partial charge in [-0.3, -0.25) is 4.79 Å². The van der Waals surface area contributed by atoms with Gasteiger partial charge in [0.15, 0.2) is 5.69 Å².